The summed E-state index contributed by atoms with van der Waals surface area (Å²) in [5, 5.41) is 2.35. The van der Waals surface area contributed by atoms with E-state index in [0.717, 1.165) is 22.3 Å². The molecule has 0 aliphatic carbocycles. The van der Waals surface area contributed by atoms with Crippen LogP contribution >= 0.6 is 0 Å². The molecule has 0 atom stereocenters. The van der Waals surface area contributed by atoms with Crippen molar-refractivity contribution in [1.29, 1.82) is 0 Å². The second kappa shape index (κ2) is 4.05. The summed E-state index contributed by atoms with van der Waals surface area (Å²) >= 11 is 0. The lowest BCUT2D eigenvalue weighted by Crippen LogP contribution is -1.90. The van der Waals surface area contributed by atoms with Crippen LogP contribution in [0.1, 0.15) is 11.1 Å². The first kappa shape index (κ1) is 10.6. The van der Waals surface area contributed by atoms with Crippen molar-refractivity contribution >= 4 is 10.8 Å². The zero-order chi connectivity index (χ0) is 12.5. The Balaban J connectivity index is 2.47. The fourth-order valence-corrected chi connectivity index (χ4v) is 2.29. The summed E-state index contributed by atoms with van der Waals surface area (Å²) in [6, 6.07) is 10.3. The summed E-state index contributed by atoms with van der Waals surface area (Å²) in [7, 11) is 0. The van der Waals surface area contributed by atoms with E-state index >= 15 is 0 Å². The highest BCUT2D eigenvalue weighted by Crippen LogP contribution is 2.31. The first-order valence-corrected chi connectivity index (χ1v) is 5.80. The summed E-state index contributed by atoms with van der Waals surface area (Å²) < 4.78 is 0. The molecule has 0 saturated carbocycles. The van der Waals surface area contributed by atoms with Gasteiger partial charge in [-0.3, -0.25) is 0 Å². The second-order valence-electron chi connectivity index (χ2n) is 4.24. The number of fused-ring (bicyclic) bond motifs is 1. The maximum absolute atomic E-state index is 5.59. The molecule has 0 spiro atoms. The molecule has 2 heteroatoms. The summed E-state index contributed by atoms with van der Waals surface area (Å²) in [5.74, 6) is 3.55. The van der Waals surface area contributed by atoms with Crippen LogP contribution in [0.15, 0.2) is 42.7 Å². The summed E-state index contributed by atoms with van der Waals surface area (Å²) in [6.45, 7) is 2.10. The van der Waals surface area contributed by atoms with Gasteiger partial charge in [0.1, 0.15) is 5.82 Å². The number of rotatable bonds is 1. The second-order valence-corrected chi connectivity index (χ2v) is 4.24. The zero-order valence-corrected chi connectivity index (χ0v) is 10.1. The minimum absolute atomic E-state index is 0.819. The summed E-state index contributed by atoms with van der Waals surface area (Å²) in [5.41, 5.74) is 3.11. The smallest absolute Gasteiger partial charge is 0.139 e. The minimum Gasteiger partial charge on any atom is -0.345 e. The number of H-pyrrole nitrogens is 1. The first-order chi connectivity index (χ1) is 8.81. The van der Waals surface area contributed by atoms with E-state index in [1.165, 1.54) is 10.9 Å². The van der Waals surface area contributed by atoms with Crippen LogP contribution in [0.3, 0.4) is 0 Å². The van der Waals surface area contributed by atoms with Gasteiger partial charge < -0.3 is 4.98 Å². The molecule has 18 heavy (non-hydrogen) atoms. The van der Waals surface area contributed by atoms with Gasteiger partial charge in [0.2, 0.25) is 0 Å². The van der Waals surface area contributed by atoms with Gasteiger partial charge in [0.05, 0.1) is 0 Å². The molecule has 0 radical (unpaired) electrons. The van der Waals surface area contributed by atoms with Gasteiger partial charge in [0.15, 0.2) is 0 Å². The number of nitrogens with zero attached hydrogens (tertiary/aromatic N) is 1. The molecular weight excluding hydrogens is 220 g/mol. The average molecular weight is 232 g/mol. The average Bonchev–Trinajstić information content (AvgIpc) is 2.91. The SMILES string of the molecule is C#Cc1ccc2c(C)cccc2c1-c1ncc[nH]1. The van der Waals surface area contributed by atoms with Crippen LogP contribution < -0.4 is 0 Å². The molecule has 1 N–H and O–H groups in total. The molecule has 0 aliphatic heterocycles. The molecule has 3 aromatic rings. The fourth-order valence-electron chi connectivity index (χ4n) is 2.29. The van der Waals surface area contributed by atoms with E-state index in [0.29, 0.717) is 0 Å². The Labute approximate surface area is 106 Å². The lowest BCUT2D eigenvalue weighted by atomic mass is 9.96. The highest BCUT2D eigenvalue weighted by atomic mass is 14.9. The van der Waals surface area contributed by atoms with Gasteiger partial charge in [-0.1, -0.05) is 30.2 Å². The Morgan fingerprint density at radius 2 is 2.06 bits per heavy atom. The Bertz CT molecular complexity index is 747. The van der Waals surface area contributed by atoms with Crippen LogP contribution in [0.25, 0.3) is 22.2 Å². The normalized spacial score (nSPS) is 10.4. The topological polar surface area (TPSA) is 28.7 Å². The van der Waals surface area contributed by atoms with Crippen molar-refractivity contribution in [3.63, 3.8) is 0 Å². The highest BCUT2D eigenvalue weighted by molar-refractivity contribution is 5.99. The van der Waals surface area contributed by atoms with E-state index < -0.39 is 0 Å². The van der Waals surface area contributed by atoms with Crippen LogP contribution in [-0.4, -0.2) is 9.97 Å². The van der Waals surface area contributed by atoms with Crippen molar-refractivity contribution in [3.05, 3.63) is 53.9 Å². The maximum Gasteiger partial charge on any atom is 0.139 e. The van der Waals surface area contributed by atoms with Gasteiger partial charge >= 0.3 is 0 Å². The first-order valence-electron chi connectivity index (χ1n) is 5.80. The van der Waals surface area contributed by atoms with Gasteiger partial charge in [0.25, 0.3) is 0 Å². The quantitative estimate of drug-likeness (QED) is 0.639. The van der Waals surface area contributed by atoms with Gasteiger partial charge in [-0.2, -0.15) is 0 Å². The molecule has 0 unspecified atom stereocenters. The number of hydrogen-bond acceptors (Lipinski definition) is 1. The predicted octanol–water partition coefficient (Wildman–Crippen LogP) is 3.52. The van der Waals surface area contributed by atoms with Crippen molar-refractivity contribution in [2.24, 2.45) is 0 Å². The summed E-state index contributed by atoms with van der Waals surface area (Å²) in [6.07, 6.45) is 9.14. The third kappa shape index (κ3) is 1.49. The Kier molecular flexibility index (Phi) is 2.39. The molecule has 0 saturated heterocycles. The molecule has 1 aromatic heterocycles. The van der Waals surface area contributed by atoms with E-state index in [-0.39, 0.29) is 0 Å². The number of imidazole rings is 1. The molecule has 0 bridgehead atoms. The van der Waals surface area contributed by atoms with Crippen molar-refractivity contribution in [1.82, 2.24) is 9.97 Å². The van der Waals surface area contributed by atoms with Gasteiger partial charge in [-0.25, -0.2) is 4.98 Å². The van der Waals surface area contributed by atoms with Gasteiger partial charge in [-0.15, -0.1) is 6.42 Å². The third-order valence-corrected chi connectivity index (χ3v) is 3.17. The largest absolute Gasteiger partial charge is 0.345 e. The van der Waals surface area contributed by atoms with E-state index in [9.17, 15) is 0 Å². The number of nitrogens with one attached hydrogen (secondary N) is 1. The van der Waals surface area contributed by atoms with Crippen molar-refractivity contribution in [2.75, 3.05) is 0 Å². The lowest BCUT2D eigenvalue weighted by molar-refractivity contribution is 1.31. The molecular formula is C16H12N2. The highest BCUT2D eigenvalue weighted by Gasteiger charge is 2.11. The predicted molar refractivity (Wildman–Crippen MR) is 74.2 cm³/mol. The molecule has 3 rings (SSSR count). The van der Waals surface area contributed by atoms with Crippen molar-refractivity contribution < 1.29 is 0 Å². The Hall–Kier alpha value is -2.53. The van der Waals surface area contributed by atoms with Crippen LogP contribution in [0.5, 0.6) is 0 Å². The van der Waals surface area contributed by atoms with E-state index in [1.54, 1.807) is 6.20 Å². The van der Waals surface area contributed by atoms with Crippen molar-refractivity contribution in [2.45, 2.75) is 6.92 Å². The molecule has 0 amide bonds. The van der Waals surface area contributed by atoms with Crippen LogP contribution in [0.4, 0.5) is 0 Å². The molecule has 86 valence electrons. The molecule has 1 heterocycles. The van der Waals surface area contributed by atoms with Gasteiger partial charge in [-0.05, 0) is 29.3 Å². The number of aryl methyl sites for hydroxylation is 1. The van der Waals surface area contributed by atoms with Crippen LogP contribution in [0.2, 0.25) is 0 Å². The molecule has 2 aromatic carbocycles. The Morgan fingerprint density at radius 3 is 2.78 bits per heavy atom. The zero-order valence-electron chi connectivity index (χ0n) is 10.1. The van der Waals surface area contributed by atoms with E-state index in [1.807, 2.05) is 18.3 Å². The van der Waals surface area contributed by atoms with Crippen molar-refractivity contribution in [3.8, 4) is 23.7 Å². The Morgan fingerprint density at radius 1 is 1.17 bits per heavy atom. The number of benzene rings is 2. The number of aromatic nitrogens is 2. The number of hydrogen-bond donors (Lipinski definition) is 1. The molecule has 2 nitrogen and oxygen atoms in total. The molecule has 0 aliphatic rings. The lowest BCUT2D eigenvalue weighted by Gasteiger charge is -2.09. The fraction of sp³-hybridized carbons (Fsp3) is 0.0625. The maximum atomic E-state index is 5.59. The number of terminal acetylenes is 1. The van der Waals surface area contributed by atoms with E-state index in [4.69, 9.17) is 6.42 Å². The van der Waals surface area contributed by atoms with Gasteiger partial charge in [0, 0.05) is 23.5 Å². The molecule has 0 fully saturated rings. The monoisotopic (exact) mass is 232 g/mol. The standard InChI is InChI=1S/C16H12N2/c1-3-12-7-8-13-11(2)5-4-6-14(13)15(12)16-17-9-10-18-16/h1,4-10H,2H3,(H,17,18). The van der Waals surface area contributed by atoms with Crippen LogP contribution in [0, 0.1) is 19.3 Å². The van der Waals surface area contributed by atoms with Crippen LogP contribution in [-0.2, 0) is 0 Å². The minimum atomic E-state index is 0.819. The summed E-state index contributed by atoms with van der Waals surface area (Å²) in [4.78, 5) is 7.46. The third-order valence-electron chi connectivity index (χ3n) is 3.17. The number of aromatic amines is 1. The van der Waals surface area contributed by atoms with E-state index in [2.05, 4.69) is 41.0 Å².